The summed E-state index contributed by atoms with van der Waals surface area (Å²) < 4.78 is 4.98. The number of esters is 1. The molecule has 0 aliphatic carbocycles. The average Bonchev–Trinajstić information content (AvgIpc) is 2.86. The lowest BCUT2D eigenvalue weighted by atomic mass is 10.2. The first-order chi connectivity index (χ1) is 10.6. The maximum absolute atomic E-state index is 12.4. The van der Waals surface area contributed by atoms with Gasteiger partial charge >= 0.3 is 5.97 Å². The highest BCUT2D eigenvalue weighted by atomic mass is 35.5. The third-order valence-electron chi connectivity index (χ3n) is 3.43. The second kappa shape index (κ2) is 5.77. The zero-order valence-corrected chi connectivity index (χ0v) is 12.6. The van der Waals surface area contributed by atoms with E-state index in [-0.39, 0.29) is 18.1 Å². The highest BCUT2D eigenvalue weighted by Crippen LogP contribution is 2.30. The summed E-state index contributed by atoms with van der Waals surface area (Å²) in [5.74, 6) is -0.642. The number of anilines is 1. The lowest BCUT2D eigenvalue weighted by Crippen LogP contribution is -2.23. The number of benzene rings is 1. The van der Waals surface area contributed by atoms with Gasteiger partial charge in [0.1, 0.15) is 0 Å². The fourth-order valence-corrected chi connectivity index (χ4v) is 2.58. The van der Waals surface area contributed by atoms with E-state index in [1.54, 1.807) is 48.4 Å². The van der Waals surface area contributed by atoms with Crippen molar-refractivity contribution in [1.82, 2.24) is 4.98 Å². The van der Waals surface area contributed by atoms with Crippen molar-refractivity contribution < 1.29 is 14.3 Å². The van der Waals surface area contributed by atoms with Gasteiger partial charge in [-0.05, 0) is 37.3 Å². The summed E-state index contributed by atoms with van der Waals surface area (Å²) in [4.78, 5) is 30.1. The Morgan fingerprint density at radius 2 is 2.23 bits per heavy atom. The Morgan fingerprint density at radius 3 is 2.95 bits per heavy atom. The summed E-state index contributed by atoms with van der Waals surface area (Å²) in [6.45, 7) is 2.36. The van der Waals surface area contributed by atoms with Crippen molar-refractivity contribution in [1.29, 1.82) is 0 Å². The molecule has 0 saturated carbocycles. The number of aromatic nitrogens is 1. The zero-order chi connectivity index (χ0) is 15.7. The van der Waals surface area contributed by atoms with Crippen LogP contribution in [0.4, 0.5) is 5.69 Å². The molecule has 0 radical (unpaired) electrons. The molecule has 0 spiro atoms. The highest BCUT2D eigenvalue weighted by molar-refractivity contribution is 6.33. The van der Waals surface area contributed by atoms with Gasteiger partial charge in [0.15, 0.2) is 0 Å². The van der Waals surface area contributed by atoms with E-state index in [4.69, 9.17) is 16.3 Å². The van der Waals surface area contributed by atoms with E-state index in [9.17, 15) is 9.59 Å². The zero-order valence-electron chi connectivity index (χ0n) is 11.9. The van der Waals surface area contributed by atoms with E-state index in [1.807, 2.05) is 0 Å². The van der Waals surface area contributed by atoms with Crippen LogP contribution in [0, 0.1) is 0 Å². The maximum atomic E-state index is 12.4. The number of nitrogens with zero attached hydrogens (tertiary/aromatic N) is 2. The van der Waals surface area contributed by atoms with Gasteiger partial charge in [-0.15, -0.1) is 0 Å². The normalized spacial score (nSPS) is 13.2. The van der Waals surface area contributed by atoms with Crippen molar-refractivity contribution in [3.8, 4) is 0 Å². The van der Waals surface area contributed by atoms with Crippen molar-refractivity contribution in [2.24, 2.45) is 0 Å². The van der Waals surface area contributed by atoms with Crippen molar-refractivity contribution >= 4 is 29.2 Å². The van der Waals surface area contributed by atoms with Gasteiger partial charge in [-0.3, -0.25) is 9.78 Å². The molecule has 1 aliphatic heterocycles. The molecule has 5 nitrogen and oxygen atoms in total. The number of amides is 1. The molecule has 0 saturated heterocycles. The first-order valence-electron chi connectivity index (χ1n) is 6.84. The molecule has 2 heterocycles. The fraction of sp³-hybridized carbons (Fsp3) is 0.188. The van der Waals surface area contributed by atoms with Gasteiger partial charge < -0.3 is 9.64 Å². The van der Waals surface area contributed by atoms with Crippen LogP contribution >= 0.6 is 11.6 Å². The second-order valence-electron chi connectivity index (χ2n) is 4.77. The number of pyridine rings is 1. The summed E-state index contributed by atoms with van der Waals surface area (Å²) in [7, 11) is 0. The molecule has 0 fully saturated rings. The van der Waals surface area contributed by atoms with Crippen LogP contribution in [0.2, 0.25) is 5.02 Å². The summed E-state index contributed by atoms with van der Waals surface area (Å²) in [6.07, 6.45) is 1.65. The number of carbonyl (C=O) groups excluding carboxylic acids is 2. The summed E-state index contributed by atoms with van der Waals surface area (Å²) in [6, 6.07) is 8.34. The molecule has 0 unspecified atom stereocenters. The summed E-state index contributed by atoms with van der Waals surface area (Å²) in [5.41, 5.74) is 2.14. The quantitative estimate of drug-likeness (QED) is 0.817. The van der Waals surface area contributed by atoms with Crippen LogP contribution in [0.15, 0.2) is 36.5 Å². The lowest BCUT2D eigenvalue weighted by Gasteiger charge is -2.16. The Hall–Kier alpha value is -2.40. The van der Waals surface area contributed by atoms with Crippen molar-refractivity contribution in [3.63, 3.8) is 0 Å². The maximum Gasteiger partial charge on any atom is 0.339 e. The largest absolute Gasteiger partial charge is 0.462 e. The van der Waals surface area contributed by atoms with Crippen LogP contribution in [0.5, 0.6) is 0 Å². The number of carbonyl (C=O) groups is 2. The smallest absolute Gasteiger partial charge is 0.339 e. The Bertz CT molecular complexity index is 761. The minimum Gasteiger partial charge on any atom is -0.462 e. The van der Waals surface area contributed by atoms with E-state index in [0.717, 1.165) is 5.69 Å². The molecule has 0 atom stereocenters. The minimum absolute atomic E-state index is 0.139. The molecule has 22 heavy (non-hydrogen) atoms. The molecular formula is C16H13ClN2O3. The Balaban J connectivity index is 1.96. The van der Waals surface area contributed by atoms with Gasteiger partial charge in [-0.1, -0.05) is 11.6 Å². The SMILES string of the molecule is CCOC(=O)c1cc(N2Cc3ncccc3C2=O)ccc1Cl. The van der Waals surface area contributed by atoms with Crippen LogP contribution in [0.25, 0.3) is 0 Å². The molecule has 1 aromatic carbocycles. The van der Waals surface area contributed by atoms with E-state index >= 15 is 0 Å². The third kappa shape index (κ3) is 2.44. The van der Waals surface area contributed by atoms with E-state index < -0.39 is 5.97 Å². The van der Waals surface area contributed by atoms with Crippen LogP contribution in [-0.2, 0) is 11.3 Å². The van der Waals surface area contributed by atoms with Gasteiger partial charge in [0, 0.05) is 11.9 Å². The predicted molar refractivity (Wildman–Crippen MR) is 82.2 cm³/mol. The number of halogens is 1. The van der Waals surface area contributed by atoms with E-state index in [2.05, 4.69) is 4.98 Å². The standard InChI is InChI=1S/C16H13ClN2O3/c1-2-22-16(21)12-8-10(5-6-13(12)17)19-9-14-11(15(19)20)4-3-7-18-14/h3-8H,2,9H2,1H3. The predicted octanol–water partition coefficient (Wildman–Crippen LogP) is 3.07. The van der Waals surface area contributed by atoms with Crippen LogP contribution < -0.4 is 4.90 Å². The first-order valence-corrected chi connectivity index (χ1v) is 7.22. The third-order valence-corrected chi connectivity index (χ3v) is 3.76. The van der Waals surface area contributed by atoms with Crippen LogP contribution in [0.1, 0.15) is 33.3 Å². The van der Waals surface area contributed by atoms with Crippen molar-refractivity contribution in [2.75, 3.05) is 11.5 Å². The number of fused-ring (bicyclic) bond motifs is 1. The fourth-order valence-electron chi connectivity index (χ4n) is 2.38. The Kier molecular flexibility index (Phi) is 3.81. The van der Waals surface area contributed by atoms with Gasteiger partial charge in [0.2, 0.25) is 0 Å². The number of rotatable bonds is 3. The monoisotopic (exact) mass is 316 g/mol. The molecule has 1 amide bonds. The molecule has 0 bridgehead atoms. The summed E-state index contributed by atoms with van der Waals surface area (Å²) in [5, 5.41) is 0.296. The topological polar surface area (TPSA) is 59.5 Å². The average molecular weight is 317 g/mol. The van der Waals surface area contributed by atoms with E-state index in [0.29, 0.717) is 22.8 Å². The molecular weight excluding hydrogens is 304 g/mol. The molecule has 3 rings (SSSR count). The molecule has 2 aromatic rings. The van der Waals surface area contributed by atoms with Crippen molar-refractivity contribution in [3.05, 3.63) is 58.4 Å². The lowest BCUT2D eigenvalue weighted by molar-refractivity contribution is 0.0526. The molecule has 1 aromatic heterocycles. The van der Waals surface area contributed by atoms with Crippen LogP contribution in [-0.4, -0.2) is 23.5 Å². The van der Waals surface area contributed by atoms with E-state index in [1.165, 1.54) is 0 Å². The van der Waals surface area contributed by atoms with Gasteiger partial charge in [0.25, 0.3) is 5.91 Å². The highest BCUT2D eigenvalue weighted by Gasteiger charge is 2.30. The molecule has 0 N–H and O–H groups in total. The van der Waals surface area contributed by atoms with Gasteiger partial charge in [-0.2, -0.15) is 0 Å². The Morgan fingerprint density at radius 1 is 1.41 bits per heavy atom. The minimum atomic E-state index is -0.503. The van der Waals surface area contributed by atoms with Gasteiger partial charge in [-0.25, -0.2) is 4.79 Å². The summed E-state index contributed by atoms with van der Waals surface area (Å²) >= 11 is 6.04. The Labute approximate surface area is 132 Å². The second-order valence-corrected chi connectivity index (χ2v) is 5.18. The van der Waals surface area contributed by atoms with Crippen LogP contribution in [0.3, 0.4) is 0 Å². The van der Waals surface area contributed by atoms with Gasteiger partial charge in [0.05, 0.1) is 35.0 Å². The molecule has 6 heteroatoms. The molecule has 1 aliphatic rings. The number of hydrogen-bond donors (Lipinski definition) is 0. The first kappa shape index (κ1) is 14.5. The number of hydrogen-bond acceptors (Lipinski definition) is 4. The van der Waals surface area contributed by atoms with Crippen molar-refractivity contribution in [2.45, 2.75) is 13.5 Å². The number of ether oxygens (including phenoxy) is 1. The molecule has 112 valence electrons.